The second-order valence-corrected chi connectivity index (χ2v) is 1.01. The van der Waals surface area contributed by atoms with Gasteiger partial charge in [-0.2, -0.15) is 0 Å². The molecule has 0 aliphatic carbocycles. The Hall–Kier alpha value is -0.923. The second kappa shape index (κ2) is 11.8. The zero-order chi connectivity index (χ0) is 8.57. The van der Waals surface area contributed by atoms with Crippen LogP contribution in [0.1, 0.15) is 1.43 Å². The number of methoxy groups -OCH3 is 1. The van der Waals surface area contributed by atoms with Gasteiger partial charge in [0.05, 0.1) is 7.11 Å². The molecule has 0 fully saturated rings. The minimum atomic E-state index is -1.83. The second-order valence-electron chi connectivity index (χ2n) is 1.01. The molecule has 0 aromatic heterocycles. The van der Waals surface area contributed by atoms with Crippen LogP contribution in [0.25, 0.3) is 0 Å². The van der Waals surface area contributed by atoms with Gasteiger partial charge in [0.15, 0.2) is 0 Å². The first kappa shape index (κ1) is 16.6. The van der Waals surface area contributed by atoms with Crippen LogP contribution in [0.2, 0.25) is 0 Å². The molecule has 5 nitrogen and oxygen atoms in total. The topological polar surface area (TPSA) is 83.8 Å². The van der Waals surface area contributed by atoms with Gasteiger partial charge in [-0.05, 0) is 0 Å². The van der Waals surface area contributed by atoms with E-state index in [-0.39, 0.29) is 20.3 Å². The van der Waals surface area contributed by atoms with E-state index < -0.39 is 12.1 Å². The SMILES string of the molecule is C=CC(=O)OC.O=C(O)O.[H-].[Li+]. The quantitative estimate of drug-likeness (QED) is 0.253. The number of carbonyl (C=O) groups is 2. The van der Waals surface area contributed by atoms with Crippen molar-refractivity contribution in [3.63, 3.8) is 0 Å². The largest absolute Gasteiger partial charge is 1.00 e. The van der Waals surface area contributed by atoms with Gasteiger partial charge < -0.3 is 16.4 Å². The van der Waals surface area contributed by atoms with Crippen LogP contribution in [0.15, 0.2) is 12.7 Å². The maximum Gasteiger partial charge on any atom is 1.00 e. The van der Waals surface area contributed by atoms with Crippen LogP contribution in [-0.4, -0.2) is 29.4 Å². The summed E-state index contributed by atoms with van der Waals surface area (Å²) in [7, 11) is 1.31. The average molecular weight is 156 g/mol. The first-order valence-electron chi connectivity index (χ1n) is 2.16. The van der Waals surface area contributed by atoms with Gasteiger partial charge in [0.1, 0.15) is 0 Å². The van der Waals surface area contributed by atoms with Crippen LogP contribution in [-0.2, 0) is 9.53 Å². The standard InChI is InChI=1S/C4H6O2.CH2O3.Li.H/c1-3-4(5)6-2;2-1(3)4;;/h3H,1H2,2H3;(H2,2,3,4);;/q;;+1;-1. The number of esters is 1. The summed E-state index contributed by atoms with van der Waals surface area (Å²) in [6, 6.07) is 0. The first-order chi connectivity index (χ1) is 4.54. The van der Waals surface area contributed by atoms with Gasteiger partial charge >= 0.3 is 31.0 Å². The predicted octanol–water partition coefficient (Wildman–Crippen LogP) is -2.32. The Bertz CT molecular complexity index is 134. The van der Waals surface area contributed by atoms with E-state index in [1.54, 1.807) is 0 Å². The summed E-state index contributed by atoms with van der Waals surface area (Å²) in [5.41, 5.74) is 0. The molecule has 0 saturated heterocycles. The number of carbonyl (C=O) groups excluding carboxylic acids is 1. The van der Waals surface area contributed by atoms with Crippen LogP contribution in [0.5, 0.6) is 0 Å². The van der Waals surface area contributed by atoms with Crippen molar-refractivity contribution in [2.24, 2.45) is 0 Å². The van der Waals surface area contributed by atoms with Gasteiger partial charge in [0.2, 0.25) is 0 Å². The van der Waals surface area contributed by atoms with Crippen molar-refractivity contribution in [1.29, 1.82) is 0 Å². The molecule has 0 aliphatic heterocycles. The molecule has 0 aromatic rings. The molecule has 0 unspecified atom stereocenters. The maximum absolute atomic E-state index is 9.84. The minimum Gasteiger partial charge on any atom is -1.00 e. The van der Waals surface area contributed by atoms with Crippen LogP contribution in [0.3, 0.4) is 0 Å². The predicted molar refractivity (Wildman–Crippen MR) is 34.0 cm³/mol. The third-order valence-electron chi connectivity index (χ3n) is 0.368. The summed E-state index contributed by atoms with van der Waals surface area (Å²) < 4.78 is 4.14. The summed E-state index contributed by atoms with van der Waals surface area (Å²) in [5.74, 6) is -0.394. The molecule has 0 rings (SSSR count). The smallest absolute Gasteiger partial charge is 1.00 e. The zero-order valence-electron chi connectivity index (χ0n) is 7.40. The molecule has 2 N–H and O–H groups in total. The van der Waals surface area contributed by atoms with E-state index in [4.69, 9.17) is 15.0 Å². The molecule has 11 heavy (non-hydrogen) atoms. The van der Waals surface area contributed by atoms with E-state index in [2.05, 4.69) is 11.3 Å². The van der Waals surface area contributed by atoms with Gasteiger partial charge in [-0.1, -0.05) is 6.58 Å². The number of hydrogen-bond acceptors (Lipinski definition) is 3. The van der Waals surface area contributed by atoms with Crippen LogP contribution in [0.4, 0.5) is 4.79 Å². The van der Waals surface area contributed by atoms with Crippen molar-refractivity contribution >= 4 is 12.1 Å². The fourth-order valence-electron chi connectivity index (χ4n) is 0.0833. The Balaban J connectivity index is -0.0000000483. The van der Waals surface area contributed by atoms with Gasteiger partial charge in [-0.15, -0.1) is 0 Å². The van der Waals surface area contributed by atoms with E-state index in [0.29, 0.717) is 0 Å². The number of hydrogen-bond donors (Lipinski definition) is 2. The van der Waals surface area contributed by atoms with E-state index in [0.717, 1.165) is 6.08 Å². The molecule has 0 amide bonds. The van der Waals surface area contributed by atoms with Crippen molar-refractivity contribution in [1.82, 2.24) is 0 Å². The third-order valence-corrected chi connectivity index (χ3v) is 0.368. The van der Waals surface area contributed by atoms with Gasteiger partial charge in [-0.3, -0.25) is 0 Å². The Morgan fingerprint density at radius 3 is 1.82 bits per heavy atom. The van der Waals surface area contributed by atoms with Crippen LogP contribution >= 0.6 is 0 Å². The summed E-state index contributed by atoms with van der Waals surface area (Å²) in [5, 5.41) is 13.9. The average Bonchev–Trinajstić information content (AvgIpc) is 1.85. The molecule has 0 heterocycles. The number of rotatable bonds is 1. The molecular formula is C5H9LiO5. The van der Waals surface area contributed by atoms with E-state index in [1.807, 2.05) is 0 Å². The molecule has 0 spiro atoms. The Morgan fingerprint density at radius 1 is 1.55 bits per heavy atom. The molecule has 0 atom stereocenters. The molecule has 0 bridgehead atoms. The Kier molecular flexibility index (Phi) is 17.8. The zero-order valence-corrected chi connectivity index (χ0v) is 6.40. The van der Waals surface area contributed by atoms with Crippen molar-refractivity contribution in [3.8, 4) is 0 Å². The fraction of sp³-hybridized carbons (Fsp3) is 0.200. The first-order valence-corrected chi connectivity index (χ1v) is 2.16. The summed E-state index contributed by atoms with van der Waals surface area (Å²) in [6.07, 6.45) is -0.722. The summed E-state index contributed by atoms with van der Waals surface area (Å²) in [4.78, 5) is 18.4. The van der Waals surface area contributed by atoms with E-state index >= 15 is 0 Å². The van der Waals surface area contributed by atoms with E-state index in [9.17, 15) is 4.79 Å². The number of carboxylic acid groups (broad SMARTS) is 2. The summed E-state index contributed by atoms with van der Waals surface area (Å²) >= 11 is 0. The fourth-order valence-corrected chi connectivity index (χ4v) is 0.0833. The molecule has 0 saturated carbocycles. The third kappa shape index (κ3) is 48.0. The molecule has 60 valence electrons. The van der Waals surface area contributed by atoms with Crippen LogP contribution in [0, 0.1) is 0 Å². The molecular weight excluding hydrogens is 147 g/mol. The molecule has 6 heteroatoms. The Labute approximate surface area is 77.3 Å². The van der Waals surface area contributed by atoms with Crippen molar-refractivity contribution < 1.29 is 44.8 Å². The van der Waals surface area contributed by atoms with Crippen molar-refractivity contribution in [3.05, 3.63) is 12.7 Å². The Morgan fingerprint density at radius 2 is 1.82 bits per heavy atom. The monoisotopic (exact) mass is 156 g/mol. The molecule has 0 aromatic carbocycles. The van der Waals surface area contributed by atoms with Crippen molar-refractivity contribution in [2.75, 3.05) is 7.11 Å². The minimum absolute atomic E-state index is 0. The molecule has 0 aliphatic rings. The normalized spacial score (nSPS) is 5.91. The number of ether oxygens (including phenoxy) is 1. The van der Waals surface area contributed by atoms with E-state index in [1.165, 1.54) is 7.11 Å². The van der Waals surface area contributed by atoms with Gasteiger partial charge in [-0.25, -0.2) is 9.59 Å². The summed E-state index contributed by atoms with van der Waals surface area (Å²) in [6.45, 7) is 3.16. The molecule has 0 radical (unpaired) electrons. The van der Waals surface area contributed by atoms with Gasteiger partial charge in [0.25, 0.3) is 0 Å². The maximum atomic E-state index is 9.84. The van der Waals surface area contributed by atoms with Gasteiger partial charge in [0, 0.05) is 6.08 Å². The van der Waals surface area contributed by atoms with Crippen LogP contribution < -0.4 is 18.9 Å². The van der Waals surface area contributed by atoms with Crippen molar-refractivity contribution in [2.45, 2.75) is 0 Å².